The number of nitrogens with zero attached hydrogens (tertiary/aromatic N) is 2. The summed E-state index contributed by atoms with van der Waals surface area (Å²) < 4.78 is 6.86. The van der Waals surface area contributed by atoms with Crippen LogP contribution in [-0.4, -0.2) is 22.8 Å². The monoisotopic (exact) mass is 274 g/mol. The van der Waals surface area contributed by atoms with E-state index in [0.717, 1.165) is 16.9 Å². The quantitative estimate of drug-likeness (QED) is 0.863. The van der Waals surface area contributed by atoms with Crippen LogP contribution in [0.2, 0.25) is 0 Å². The first-order valence-corrected chi connectivity index (χ1v) is 6.21. The molecule has 2 rings (SSSR count). The maximum atomic E-state index is 11.7. The fraction of sp³-hybridized carbons (Fsp3) is 0.286. The van der Waals surface area contributed by atoms with Gasteiger partial charge in [0.2, 0.25) is 5.91 Å². The predicted octanol–water partition coefficient (Wildman–Crippen LogP) is 1.38. The largest absolute Gasteiger partial charge is 0.497 e. The van der Waals surface area contributed by atoms with Crippen molar-refractivity contribution < 1.29 is 9.53 Å². The van der Waals surface area contributed by atoms with Crippen molar-refractivity contribution in [3.63, 3.8) is 0 Å². The minimum absolute atomic E-state index is 0.455. The molecule has 106 valence electrons. The van der Waals surface area contributed by atoms with Crippen molar-refractivity contribution in [2.75, 3.05) is 12.4 Å². The zero-order valence-corrected chi connectivity index (χ0v) is 11.8. The van der Waals surface area contributed by atoms with Gasteiger partial charge in [0, 0.05) is 30.1 Å². The summed E-state index contributed by atoms with van der Waals surface area (Å²) in [6.45, 7) is 1.89. The molecule has 0 saturated heterocycles. The van der Waals surface area contributed by atoms with Crippen LogP contribution in [0.3, 0.4) is 0 Å². The third-order valence-corrected chi connectivity index (χ3v) is 3.25. The van der Waals surface area contributed by atoms with Gasteiger partial charge in [-0.2, -0.15) is 5.10 Å². The molecule has 1 atom stereocenters. The zero-order chi connectivity index (χ0) is 14.7. The first-order valence-electron chi connectivity index (χ1n) is 6.21. The SMILES string of the molecule is COc1cccc(NC(C(N)=O)c2cnn(C)c2C)c1. The number of primary amides is 1. The van der Waals surface area contributed by atoms with Gasteiger partial charge in [-0.15, -0.1) is 0 Å². The number of carbonyl (C=O) groups excluding carboxylic acids is 1. The fourth-order valence-electron chi connectivity index (χ4n) is 1.98. The van der Waals surface area contributed by atoms with E-state index in [4.69, 9.17) is 10.5 Å². The molecule has 0 aliphatic heterocycles. The van der Waals surface area contributed by atoms with E-state index in [1.807, 2.05) is 38.2 Å². The summed E-state index contributed by atoms with van der Waals surface area (Å²) in [6, 6.07) is 6.71. The van der Waals surface area contributed by atoms with Gasteiger partial charge < -0.3 is 15.8 Å². The second-order valence-electron chi connectivity index (χ2n) is 4.52. The van der Waals surface area contributed by atoms with E-state index in [0.29, 0.717) is 5.75 Å². The smallest absolute Gasteiger partial charge is 0.244 e. The summed E-state index contributed by atoms with van der Waals surface area (Å²) in [5.74, 6) is 0.255. The van der Waals surface area contributed by atoms with Crippen LogP contribution in [-0.2, 0) is 11.8 Å². The summed E-state index contributed by atoms with van der Waals surface area (Å²) in [6.07, 6.45) is 1.65. The van der Waals surface area contributed by atoms with E-state index < -0.39 is 11.9 Å². The van der Waals surface area contributed by atoms with Crippen LogP contribution in [0.4, 0.5) is 5.69 Å². The second kappa shape index (κ2) is 5.64. The molecule has 0 aliphatic rings. The fourth-order valence-corrected chi connectivity index (χ4v) is 1.98. The Kier molecular flexibility index (Phi) is 3.93. The molecule has 0 aliphatic carbocycles. The lowest BCUT2D eigenvalue weighted by molar-refractivity contribution is -0.118. The highest BCUT2D eigenvalue weighted by Crippen LogP contribution is 2.24. The summed E-state index contributed by atoms with van der Waals surface area (Å²) in [4.78, 5) is 11.7. The Hall–Kier alpha value is -2.50. The van der Waals surface area contributed by atoms with Crippen molar-refractivity contribution in [2.24, 2.45) is 12.8 Å². The van der Waals surface area contributed by atoms with Gasteiger partial charge in [-0.3, -0.25) is 9.48 Å². The average Bonchev–Trinajstić information content (AvgIpc) is 2.76. The molecule has 1 aromatic carbocycles. The summed E-state index contributed by atoms with van der Waals surface area (Å²) in [5.41, 5.74) is 7.92. The molecule has 0 spiro atoms. The molecule has 3 N–H and O–H groups in total. The molecule has 1 aromatic heterocycles. The van der Waals surface area contributed by atoms with Crippen molar-refractivity contribution in [3.05, 3.63) is 41.7 Å². The maximum absolute atomic E-state index is 11.7. The Morgan fingerprint density at radius 1 is 1.50 bits per heavy atom. The van der Waals surface area contributed by atoms with E-state index in [1.165, 1.54) is 0 Å². The standard InChI is InChI=1S/C14H18N4O2/c1-9-12(8-16-18(9)2)13(14(15)19)17-10-5-4-6-11(7-10)20-3/h4-8,13,17H,1-3H3,(H2,15,19). The highest BCUT2D eigenvalue weighted by atomic mass is 16.5. The van der Waals surface area contributed by atoms with Crippen molar-refractivity contribution >= 4 is 11.6 Å². The van der Waals surface area contributed by atoms with E-state index >= 15 is 0 Å². The first-order chi connectivity index (χ1) is 9.52. The number of aryl methyl sites for hydroxylation is 1. The topological polar surface area (TPSA) is 82.2 Å². The van der Waals surface area contributed by atoms with Crippen LogP contribution in [0.25, 0.3) is 0 Å². The number of carbonyl (C=O) groups is 1. The molecule has 6 heteroatoms. The minimum Gasteiger partial charge on any atom is -0.497 e. The first kappa shape index (κ1) is 13.9. The highest BCUT2D eigenvalue weighted by molar-refractivity contribution is 5.84. The number of benzene rings is 1. The van der Waals surface area contributed by atoms with Crippen LogP contribution < -0.4 is 15.8 Å². The number of hydrogen-bond acceptors (Lipinski definition) is 4. The van der Waals surface area contributed by atoms with Gasteiger partial charge in [-0.25, -0.2) is 0 Å². The number of ether oxygens (including phenoxy) is 1. The number of amides is 1. The third kappa shape index (κ3) is 2.74. The Labute approximate surface area is 117 Å². The summed E-state index contributed by atoms with van der Waals surface area (Å²) >= 11 is 0. The lowest BCUT2D eigenvalue weighted by Gasteiger charge is -2.17. The van der Waals surface area contributed by atoms with E-state index in [1.54, 1.807) is 18.0 Å². The molecule has 2 aromatic rings. The molecule has 1 amide bonds. The molecule has 0 bridgehead atoms. The molecule has 0 saturated carbocycles. The molecule has 0 fully saturated rings. The van der Waals surface area contributed by atoms with E-state index in [2.05, 4.69) is 10.4 Å². The number of rotatable bonds is 5. The van der Waals surface area contributed by atoms with Crippen molar-refractivity contribution in [2.45, 2.75) is 13.0 Å². The van der Waals surface area contributed by atoms with Gasteiger partial charge in [0.05, 0.1) is 13.3 Å². The van der Waals surface area contributed by atoms with Crippen LogP contribution in [0.15, 0.2) is 30.5 Å². The Morgan fingerprint density at radius 3 is 2.80 bits per heavy atom. The number of methoxy groups -OCH3 is 1. The van der Waals surface area contributed by atoms with E-state index in [-0.39, 0.29) is 0 Å². The molecular formula is C14H18N4O2. The summed E-state index contributed by atoms with van der Waals surface area (Å²) in [7, 11) is 3.42. The molecule has 1 unspecified atom stereocenters. The minimum atomic E-state index is -0.629. The molecule has 0 radical (unpaired) electrons. The Morgan fingerprint density at radius 2 is 2.25 bits per heavy atom. The zero-order valence-electron chi connectivity index (χ0n) is 11.8. The molecular weight excluding hydrogens is 256 g/mol. The average molecular weight is 274 g/mol. The number of aromatic nitrogens is 2. The number of nitrogens with two attached hydrogens (primary N) is 1. The van der Waals surface area contributed by atoms with Crippen LogP contribution in [0.5, 0.6) is 5.75 Å². The highest BCUT2D eigenvalue weighted by Gasteiger charge is 2.22. The van der Waals surface area contributed by atoms with Gasteiger partial charge in [-0.05, 0) is 19.1 Å². The Balaban J connectivity index is 2.30. The maximum Gasteiger partial charge on any atom is 0.244 e. The predicted molar refractivity (Wildman–Crippen MR) is 76.5 cm³/mol. The third-order valence-electron chi connectivity index (χ3n) is 3.25. The van der Waals surface area contributed by atoms with Crippen LogP contribution in [0, 0.1) is 6.92 Å². The Bertz CT molecular complexity index is 621. The molecule has 1 heterocycles. The summed E-state index contributed by atoms with van der Waals surface area (Å²) in [5, 5.41) is 7.25. The van der Waals surface area contributed by atoms with Crippen LogP contribution in [0.1, 0.15) is 17.3 Å². The van der Waals surface area contributed by atoms with Crippen LogP contribution >= 0.6 is 0 Å². The molecule has 6 nitrogen and oxygen atoms in total. The van der Waals surface area contributed by atoms with Gasteiger partial charge in [-0.1, -0.05) is 6.07 Å². The van der Waals surface area contributed by atoms with Gasteiger partial charge >= 0.3 is 0 Å². The normalized spacial score (nSPS) is 11.9. The van der Waals surface area contributed by atoms with Crippen molar-refractivity contribution in [1.29, 1.82) is 0 Å². The lowest BCUT2D eigenvalue weighted by Crippen LogP contribution is -2.28. The molecule has 20 heavy (non-hydrogen) atoms. The lowest BCUT2D eigenvalue weighted by atomic mass is 10.1. The van der Waals surface area contributed by atoms with E-state index in [9.17, 15) is 4.79 Å². The number of anilines is 1. The van der Waals surface area contributed by atoms with Gasteiger partial charge in [0.1, 0.15) is 11.8 Å². The second-order valence-corrected chi connectivity index (χ2v) is 4.52. The number of nitrogens with one attached hydrogen (secondary N) is 1. The number of hydrogen-bond donors (Lipinski definition) is 2. The van der Waals surface area contributed by atoms with Crippen molar-refractivity contribution in [1.82, 2.24) is 9.78 Å². The van der Waals surface area contributed by atoms with Crippen molar-refractivity contribution in [3.8, 4) is 5.75 Å². The van der Waals surface area contributed by atoms with Gasteiger partial charge in [0.15, 0.2) is 0 Å². The van der Waals surface area contributed by atoms with Gasteiger partial charge in [0.25, 0.3) is 0 Å².